The van der Waals surface area contributed by atoms with Gasteiger partial charge in [0.1, 0.15) is 0 Å². The Balaban J connectivity index is 1.75. The molecule has 1 heterocycles. The quantitative estimate of drug-likeness (QED) is 0.945. The maximum atomic E-state index is 12.3. The van der Waals surface area contributed by atoms with Gasteiger partial charge in [0.05, 0.1) is 0 Å². The second-order valence-corrected chi connectivity index (χ2v) is 5.91. The van der Waals surface area contributed by atoms with Gasteiger partial charge in [-0.3, -0.25) is 4.79 Å². The van der Waals surface area contributed by atoms with Gasteiger partial charge < -0.3 is 15.1 Å². The van der Waals surface area contributed by atoms with Crippen LogP contribution in [0.1, 0.15) is 15.9 Å². The summed E-state index contributed by atoms with van der Waals surface area (Å²) in [5.74, 6) is -0.0779. The van der Waals surface area contributed by atoms with Crippen molar-refractivity contribution in [3.63, 3.8) is 0 Å². The van der Waals surface area contributed by atoms with Gasteiger partial charge in [0.15, 0.2) is 0 Å². The van der Waals surface area contributed by atoms with Crippen molar-refractivity contribution < 1.29 is 4.79 Å². The van der Waals surface area contributed by atoms with Crippen molar-refractivity contribution >= 4 is 23.0 Å². The van der Waals surface area contributed by atoms with Crippen LogP contribution in [-0.4, -0.2) is 33.6 Å². The molecule has 0 fully saturated rings. The fraction of sp³-hybridized carbons (Fsp3) is 0.278. The van der Waals surface area contributed by atoms with Crippen LogP contribution in [-0.2, 0) is 6.42 Å². The first-order valence-corrected chi connectivity index (χ1v) is 7.47. The van der Waals surface area contributed by atoms with E-state index < -0.39 is 0 Å². The van der Waals surface area contributed by atoms with Crippen molar-refractivity contribution in [3.8, 4) is 0 Å². The molecular formula is C18H21N3O. The highest BCUT2D eigenvalue weighted by Gasteiger charge is 2.16. The summed E-state index contributed by atoms with van der Waals surface area (Å²) in [4.78, 5) is 16.6. The van der Waals surface area contributed by atoms with E-state index in [-0.39, 0.29) is 5.91 Å². The molecule has 0 spiro atoms. The average molecular weight is 295 g/mol. The maximum Gasteiger partial charge on any atom is 0.255 e. The Labute approximate surface area is 131 Å². The Kier molecular flexibility index (Phi) is 3.75. The van der Waals surface area contributed by atoms with Gasteiger partial charge in [-0.15, -0.1) is 0 Å². The number of nitrogens with one attached hydrogen (secondary N) is 1. The molecule has 0 saturated carbocycles. The Morgan fingerprint density at radius 2 is 1.86 bits per heavy atom. The SMILES string of the molecule is CN(C)c1ccc(C(=O)Nc2ccc3c(c2)N(C)CC3)cc1. The Morgan fingerprint density at radius 3 is 2.55 bits per heavy atom. The highest BCUT2D eigenvalue weighted by Crippen LogP contribution is 2.29. The highest BCUT2D eigenvalue weighted by atomic mass is 16.1. The number of fused-ring (bicyclic) bond motifs is 1. The number of hydrogen-bond acceptors (Lipinski definition) is 3. The first kappa shape index (κ1) is 14.4. The lowest BCUT2D eigenvalue weighted by Gasteiger charge is -2.14. The van der Waals surface area contributed by atoms with Crippen molar-refractivity contribution in [2.24, 2.45) is 0 Å². The van der Waals surface area contributed by atoms with Gasteiger partial charge in [-0.1, -0.05) is 6.07 Å². The van der Waals surface area contributed by atoms with E-state index in [1.165, 1.54) is 11.3 Å². The van der Waals surface area contributed by atoms with Crippen LogP contribution in [0.4, 0.5) is 17.1 Å². The lowest BCUT2D eigenvalue weighted by atomic mass is 10.1. The standard InChI is InChI=1S/C18H21N3O/c1-20(2)16-8-5-14(6-9-16)18(22)19-15-7-4-13-10-11-21(3)17(13)12-15/h4-9,12H,10-11H2,1-3H3,(H,19,22). The van der Waals surface area contributed by atoms with E-state index in [0.717, 1.165) is 24.3 Å². The molecule has 1 amide bonds. The first-order chi connectivity index (χ1) is 10.5. The second kappa shape index (κ2) is 5.72. The predicted octanol–water partition coefficient (Wildman–Crippen LogP) is 3.00. The zero-order chi connectivity index (χ0) is 15.7. The van der Waals surface area contributed by atoms with Crippen LogP contribution >= 0.6 is 0 Å². The molecule has 0 aromatic heterocycles. The summed E-state index contributed by atoms with van der Waals surface area (Å²) in [5, 5.41) is 2.98. The third kappa shape index (κ3) is 2.77. The van der Waals surface area contributed by atoms with E-state index in [1.54, 1.807) is 0 Å². The molecule has 3 rings (SSSR count). The number of amides is 1. The minimum Gasteiger partial charge on any atom is -0.378 e. The monoisotopic (exact) mass is 295 g/mol. The summed E-state index contributed by atoms with van der Waals surface area (Å²) in [7, 11) is 6.05. The van der Waals surface area contributed by atoms with Crippen LogP contribution in [0.25, 0.3) is 0 Å². The van der Waals surface area contributed by atoms with Crippen LogP contribution in [0.15, 0.2) is 42.5 Å². The third-order valence-electron chi connectivity index (χ3n) is 4.12. The van der Waals surface area contributed by atoms with Crippen LogP contribution in [0.3, 0.4) is 0 Å². The van der Waals surface area contributed by atoms with Crippen LogP contribution in [0.2, 0.25) is 0 Å². The molecule has 1 aliphatic heterocycles. The number of hydrogen-bond donors (Lipinski definition) is 1. The normalized spacial score (nSPS) is 13.0. The second-order valence-electron chi connectivity index (χ2n) is 5.91. The average Bonchev–Trinajstić information content (AvgIpc) is 2.88. The number of benzene rings is 2. The molecule has 0 atom stereocenters. The maximum absolute atomic E-state index is 12.3. The molecule has 1 aliphatic rings. The largest absolute Gasteiger partial charge is 0.378 e. The van der Waals surface area contributed by atoms with E-state index >= 15 is 0 Å². The molecule has 4 nitrogen and oxygen atoms in total. The highest BCUT2D eigenvalue weighted by molar-refractivity contribution is 6.04. The Morgan fingerprint density at radius 1 is 1.14 bits per heavy atom. The fourth-order valence-corrected chi connectivity index (χ4v) is 2.73. The smallest absolute Gasteiger partial charge is 0.255 e. The topological polar surface area (TPSA) is 35.6 Å². The molecule has 1 N–H and O–H groups in total. The number of carbonyl (C=O) groups is 1. The van der Waals surface area contributed by atoms with Gasteiger partial charge in [0.25, 0.3) is 5.91 Å². The summed E-state index contributed by atoms with van der Waals surface area (Å²) < 4.78 is 0. The van der Waals surface area contributed by atoms with Crippen molar-refractivity contribution in [2.45, 2.75) is 6.42 Å². The van der Waals surface area contributed by atoms with Crippen molar-refractivity contribution in [1.29, 1.82) is 0 Å². The molecular weight excluding hydrogens is 274 g/mol. The molecule has 2 aromatic carbocycles. The minimum absolute atomic E-state index is 0.0779. The summed E-state index contributed by atoms with van der Waals surface area (Å²) in [6.45, 7) is 1.04. The third-order valence-corrected chi connectivity index (χ3v) is 4.12. The summed E-state index contributed by atoms with van der Waals surface area (Å²) >= 11 is 0. The Hall–Kier alpha value is -2.49. The van der Waals surface area contributed by atoms with Gasteiger partial charge in [0.2, 0.25) is 0 Å². The van der Waals surface area contributed by atoms with Crippen LogP contribution in [0.5, 0.6) is 0 Å². The first-order valence-electron chi connectivity index (χ1n) is 7.47. The molecule has 2 aromatic rings. The van der Waals surface area contributed by atoms with Gasteiger partial charge in [-0.05, 0) is 48.4 Å². The van der Waals surface area contributed by atoms with Crippen molar-refractivity contribution in [3.05, 3.63) is 53.6 Å². The fourth-order valence-electron chi connectivity index (χ4n) is 2.73. The van der Waals surface area contributed by atoms with E-state index in [1.807, 2.05) is 49.3 Å². The molecule has 114 valence electrons. The van der Waals surface area contributed by atoms with Crippen molar-refractivity contribution in [1.82, 2.24) is 0 Å². The van der Waals surface area contributed by atoms with E-state index in [4.69, 9.17) is 0 Å². The Bertz CT molecular complexity index is 692. The number of likely N-dealkylation sites (N-methyl/N-ethyl adjacent to an activating group) is 1. The number of anilines is 3. The summed E-state index contributed by atoms with van der Waals surface area (Å²) in [5.41, 5.74) is 5.14. The lowest BCUT2D eigenvalue weighted by Crippen LogP contribution is -2.14. The van der Waals surface area contributed by atoms with Gasteiger partial charge >= 0.3 is 0 Å². The molecule has 0 radical (unpaired) electrons. The van der Waals surface area contributed by atoms with E-state index in [2.05, 4.69) is 29.4 Å². The van der Waals surface area contributed by atoms with E-state index in [9.17, 15) is 4.79 Å². The summed E-state index contributed by atoms with van der Waals surface area (Å²) in [6.07, 6.45) is 1.08. The van der Waals surface area contributed by atoms with E-state index in [0.29, 0.717) is 5.56 Å². The van der Waals surface area contributed by atoms with Gasteiger partial charge in [-0.25, -0.2) is 0 Å². The van der Waals surface area contributed by atoms with Crippen LogP contribution in [0, 0.1) is 0 Å². The van der Waals surface area contributed by atoms with Crippen molar-refractivity contribution in [2.75, 3.05) is 42.8 Å². The summed E-state index contributed by atoms with van der Waals surface area (Å²) in [6, 6.07) is 13.7. The zero-order valence-electron chi connectivity index (χ0n) is 13.3. The zero-order valence-corrected chi connectivity index (χ0v) is 13.3. The van der Waals surface area contributed by atoms with Gasteiger partial charge in [0, 0.05) is 50.3 Å². The number of carbonyl (C=O) groups excluding carboxylic acids is 1. The number of rotatable bonds is 3. The van der Waals surface area contributed by atoms with Gasteiger partial charge in [-0.2, -0.15) is 0 Å². The lowest BCUT2D eigenvalue weighted by molar-refractivity contribution is 0.102. The predicted molar refractivity (Wildman–Crippen MR) is 92.1 cm³/mol. The van der Waals surface area contributed by atoms with Crippen LogP contribution < -0.4 is 15.1 Å². The molecule has 0 unspecified atom stereocenters. The molecule has 0 aliphatic carbocycles. The molecule has 22 heavy (non-hydrogen) atoms. The molecule has 0 bridgehead atoms. The minimum atomic E-state index is -0.0779. The molecule has 4 heteroatoms. The number of nitrogens with zero attached hydrogens (tertiary/aromatic N) is 2. The molecule has 0 saturated heterocycles.